The zero-order chi connectivity index (χ0) is 10.6. The minimum absolute atomic E-state index is 0.0844. The van der Waals surface area contributed by atoms with Crippen molar-refractivity contribution in [3.63, 3.8) is 0 Å². The van der Waals surface area contributed by atoms with Crippen LogP contribution in [0.1, 0.15) is 18.6 Å². The average Bonchev–Trinajstić information content (AvgIpc) is 2.18. The summed E-state index contributed by atoms with van der Waals surface area (Å²) >= 11 is 5.75. The molecule has 0 aromatic heterocycles. The van der Waals surface area contributed by atoms with Gasteiger partial charge in [-0.15, -0.1) is 0 Å². The maximum atomic E-state index is 9.89. The van der Waals surface area contributed by atoms with Gasteiger partial charge < -0.3 is 9.84 Å². The molecule has 2 nitrogen and oxygen atoms in total. The molecule has 78 valence electrons. The number of aliphatic hydroxyl groups excluding tert-OH is 1. The Kier molecular flexibility index (Phi) is 4.39. The highest BCUT2D eigenvalue weighted by Gasteiger charge is 2.15. The molecule has 1 aromatic carbocycles. The van der Waals surface area contributed by atoms with Crippen LogP contribution in [0.3, 0.4) is 0 Å². The second kappa shape index (κ2) is 5.35. The summed E-state index contributed by atoms with van der Waals surface area (Å²) in [5.74, 6) is 0.0844. The predicted octanol–water partition coefficient (Wildman–Crippen LogP) is 2.66. The lowest BCUT2D eigenvalue weighted by Crippen LogP contribution is -2.14. The minimum atomic E-state index is -0.493. The van der Waals surface area contributed by atoms with Crippen molar-refractivity contribution >= 4 is 11.6 Å². The van der Waals surface area contributed by atoms with Crippen LogP contribution < -0.4 is 0 Å². The first kappa shape index (κ1) is 11.5. The summed E-state index contributed by atoms with van der Waals surface area (Å²) in [7, 11) is 1.63. The van der Waals surface area contributed by atoms with Gasteiger partial charge in [0.15, 0.2) is 0 Å². The highest BCUT2D eigenvalue weighted by molar-refractivity contribution is 6.30. The van der Waals surface area contributed by atoms with Crippen molar-refractivity contribution in [2.24, 2.45) is 5.92 Å². The molecule has 2 atom stereocenters. The molecule has 0 fully saturated rings. The van der Waals surface area contributed by atoms with Crippen LogP contribution in [0.15, 0.2) is 24.3 Å². The molecule has 3 heteroatoms. The number of hydrogen-bond acceptors (Lipinski definition) is 2. The molecule has 1 aromatic rings. The van der Waals surface area contributed by atoms with Crippen molar-refractivity contribution in [2.45, 2.75) is 13.0 Å². The average molecular weight is 215 g/mol. The molecule has 0 amide bonds. The third-order valence-electron chi connectivity index (χ3n) is 2.18. The van der Waals surface area contributed by atoms with Crippen LogP contribution in [0.25, 0.3) is 0 Å². The Hall–Kier alpha value is -0.570. The smallest absolute Gasteiger partial charge is 0.0837 e. The number of ether oxygens (including phenoxy) is 1. The van der Waals surface area contributed by atoms with Gasteiger partial charge in [-0.3, -0.25) is 0 Å². The van der Waals surface area contributed by atoms with Crippen LogP contribution >= 0.6 is 11.6 Å². The van der Waals surface area contributed by atoms with Gasteiger partial charge in [0, 0.05) is 18.1 Å². The molecule has 0 aliphatic rings. The first-order valence-corrected chi connectivity index (χ1v) is 4.95. The van der Waals surface area contributed by atoms with Crippen LogP contribution in [0, 0.1) is 5.92 Å². The fourth-order valence-corrected chi connectivity index (χ4v) is 1.47. The van der Waals surface area contributed by atoms with Crippen molar-refractivity contribution in [2.75, 3.05) is 13.7 Å². The van der Waals surface area contributed by atoms with E-state index in [-0.39, 0.29) is 5.92 Å². The molecular weight excluding hydrogens is 200 g/mol. The molecule has 0 radical (unpaired) electrons. The molecule has 0 spiro atoms. The summed E-state index contributed by atoms with van der Waals surface area (Å²) in [5, 5.41) is 10.6. The van der Waals surface area contributed by atoms with Gasteiger partial charge in [0.25, 0.3) is 0 Å². The van der Waals surface area contributed by atoms with Crippen LogP contribution in [-0.4, -0.2) is 18.8 Å². The van der Waals surface area contributed by atoms with E-state index < -0.39 is 6.10 Å². The van der Waals surface area contributed by atoms with E-state index in [0.29, 0.717) is 11.6 Å². The number of benzene rings is 1. The van der Waals surface area contributed by atoms with E-state index in [2.05, 4.69) is 0 Å². The lowest BCUT2D eigenvalue weighted by atomic mass is 9.98. The Morgan fingerprint density at radius 2 is 1.93 bits per heavy atom. The summed E-state index contributed by atoms with van der Waals surface area (Å²) in [6.45, 7) is 2.49. The van der Waals surface area contributed by atoms with Crippen molar-refractivity contribution in [3.05, 3.63) is 34.9 Å². The standard InChI is InChI=1S/C11H15ClO2/c1-8(7-14-2)11(13)9-3-5-10(12)6-4-9/h3-6,8,11,13H,7H2,1-2H3. The van der Waals surface area contributed by atoms with Gasteiger partial charge in [0.2, 0.25) is 0 Å². The molecule has 0 heterocycles. The lowest BCUT2D eigenvalue weighted by molar-refractivity contribution is 0.0567. The molecule has 0 saturated carbocycles. The molecule has 0 aliphatic heterocycles. The van der Waals surface area contributed by atoms with E-state index in [4.69, 9.17) is 16.3 Å². The second-order valence-corrected chi connectivity index (χ2v) is 3.87. The number of aliphatic hydroxyl groups is 1. The van der Waals surface area contributed by atoms with Crippen LogP contribution in [0.2, 0.25) is 5.02 Å². The normalized spacial score (nSPS) is 15.1. The van der Waals surface area contributed by atoms with E-state index in [1.54, 1.807) is 19.2 Å². The second-order valence-electron chi connectivity index (χ2n) is 3.43. The molecular formula is C11H15ClO2. The first-order chi connectivity index (χ1) is 6.65. The monoisotopic (exact) mass is 214 g/mol. The maximum Gasteiger partial charge on any atom is 0.0837 e. The molecule has 0 aliphatic carbocycles. The highest BCUT2D eigenvalue weighted by Crippen LogP contribution is 2.23. The Morgan fingerprint density at radius 3 is 2.43 bits per heavy atom. The van der Waals surface area contributed by atoms with Crippen molar-refractivity contribution in [1.82, 2.24) is 0 Å². The highest BCUT2D eigenvalue weighted by atomic mass is 35.5. The molecule has 1 rings (SSSR count). The van der Waals surface area contributed by atoms with Gasteiger partial charge in [0.05, 0.1) is 12.7 Å². The summed E-state index contributed by atoms with van der Waals surface area (Å²) in [5.41, 5.74) is 0.874. The lowest BCUT2D eigenvalue weighted by Gasteiger charge is -2.18. The molecule has 0 saturated heterocycles. The van der Waals surface area contributed by atoms with Crippen LogP contribution in [-0.2, 0) is 4.74 Å². The minimum Gasteiger partial charge on any atom is -0.388 e. The summed E-state index contributed by atoms with van der Waals surface area (Å²) in [6, 6.07) is 7.22. The number of hydrogen-bond donors (Lipinski definition) is 1. The summed E-state index contributed by atoms with van der Waals surface area (Å²) < 4.78 is 4.98. The van der Waals surface area contributed by atoms with Gasteiger partial charge in [-0.2, -0.15) is 0 Å². The number of halogens is 1. The van der Waals surface area contributed by atoms with Crippen LogP contribution in [0.5, 0.6) is 0 Å². The van der Waals surface area contributed by atoms with Gasteiger partial charge >= 0.3 is 0 Å². The zero-order valence-corrected chi connectivity index (χ0v) is 9.16. The molecule has 2 unspecified atom stereocenters. The Balaban J connectivity index is 2.68. The topological polar surface area (TPSA) is 29.5 Å². The maximum absolute atomic E-state index is 9.89. The quantitative estimate of drug-likeness (QED) is 0.835. The van der Waals surface area contributed by atoms with Gasteiger partial charge in [0.1, 0.15) is 0 Å². The van der Waals surface area contributed by atoms with E-state index in [1.165, 1.54) is 0 Å². The Morgan fingerprint density at radius 1 is 1.36 bits per heavy atom. The van der Waals surface area contributed by atoms with E-state index in [9.17, 15) is 5.11 Å². The molecule has 0 bridgehead atoms. The van der Waals surface area contributed by atoms with Gasteiger partial charge in [-0.25, -0.2) is 0 Å². The summed E-state index contributed by atoms with van der Waals surface area (Å²) in [4.78, 5) is 0. The molecule has 14 heavy (non-hydrogen) atoms. The van der Waals surface area contributed by atoms with Gasteiger partial charge in [-0.05, 0) is 17.7 Å². The SMILES string of the molecule is COCC(C)C(O)c1ccc(Cl)cc1. The summed E-state index contributed by atoms with van der Waals surface area (Å²) in [6.07, 6.45) is -0.493. The largest absolute Gasteiger partial charge is 0.388 e. The van der Waals surface area contributed by atoms with Crippen molar-refractivity contribution < 1.29 is 9.84 Å². The first-order valence-electron chi connectivity index (χ1n) is 4.57. The molecule has 1 N–H and O–H groups in total. The zero-order valence-electron chi connectivity index (χ0n) is 8.40. The fraction of sp³-hybridized carbons (Fsp3) is 0.455. The predicted molar refractivity (Wildman–Crippen MR) is 57.5 cm³/mol. The fourth-order valence-electron chi connectivity index (χ4n) is 1.34. The van der Waals surface area contributed by atoms with Crippen molar-refractivity contribution in [3.8, 4) is 0 Å². The van der Waals surface area contributed by atoms with Gasteiger partial charge in [-0.1, -0.05) is 30.7 Å². The number of methoxy groups -OCH3 is 1. The Bertz CT molecular complexity index is 271. The number of rotatable bonds is 4. The van der Waals surface area contributed by atoms with E-state index in [0.717, 1.165) is 5.56 Å². The van der Waals surface area contributed by atoms with Crippen molar-refractivity contribution in [1.29, 1.82) is 0 Å². The van der Waals surface area contributed by atoms with E-state index >= 15 is 0 Å². The Labute approximate surface area is 89.5 Å². The van der Waals surface area contributed by atoms with E-state index in [1.807, 2.05) is 19.1 Å². The third kappa shape index (κ3) is 2.98. The third-order valence-corrected chi connectivity index (χ3v) is 2.43. The van der Waals surface area contributed by atoms with Crippen LogP contribution in [0.4, 0.5) is 0 Å².